The SMILES string of the molecule is COCCc1noc(CCc2scnc2C)n1. The fourth-order valence-corrected chi connectivity index (χ4v) is 2.25. The van der Waals surface area contributed by atoms with E-state index in [0.717, 1.165) is 18.5 Å². The highest BCUT2D eigenvalue weighted by molar-refractivity contribution is 7.09. The molecule has 0 N–H and O–H groups in total. The molecular weight excluding hydrogens is 238 g/mol. The van der Waals surface area contributed by atoms with Crippen molar-refractivity contribution in [3.8, 4) is 0 Å². The van der Waals surface area contributed by atoms with Crippen molar-refractivity contribution in [2.24, 2.45) is 0 Å². The summed E-state index contributed by atoms with van der Waals surface area (Å²) in [5, 5.41) is 3.90. The number of rotatable bonds is 6. The zero-order valence-electron chi connectivity index (χ0n) is 9.97. The average Bonchev–Trinajstić information content (AvgIpc) is 2.93. The number of aromatic nitrogens is 3. The summed E-state index contributed by atoms with van der Waals surface area (Å²) in [7, 11) is 1.66. The van der Waals surface area contributed by atoms with E-state index in [1.807, 2.05) is 12.4 Å². The second kappa shape index (κ2) is 5.88. The molecule has 2 rings (SSSR count). The Hall–Kier alpha value is -1.27. The van der Waals surface area contributed by atoms with E-state index in [2.05, 4.69) is 15.1 Å². The second-order valence-corrected chi connectivity index (χ2v) is 4.65. The third-order valence-electron chi connectivity index (χ3n) is 2.45. The van der Waals surface area contributed by atoms with Gasteiger partial charge in [-0.1, -0.05) is 5.16 Å². The lowest BCUT2D eigenvalue weighted by Crippen LogP contribution is -1.97. The summed E-state index contributed by atoms with van der Waals surface area (Å²) >= 11 is 1.67. The molecule has 5 nitrogen and oxygen atoms in total. The van der Waals surface area contributed by atoms with Crippen molar-refractivity contribution in [2.75, 3.05) is 13.7 Å². The van der Waals surface area contributed by atoms with Gasteiger partial charge in [0.25, 0.3) is 0 Å². The van der Waals surface area contributed by atoms with Crippen LogP contribution < -0.4 is 0 Å². The maximum absolute atomic E-state index is 5.17. The van der Waals surface area contributed by atoms with Gasteiger partial charge in [-0.3, -0.25) is 0 Å². The van der Waals surface area contributed by atoms with Crippen LogP contribution in [-0.4, -0.2) is 28.8 Å². The summed E-state index contributed by atoms with van der Waals surface area (Å²) in [5.41, 5.74) is 2.96. The van der Waals surface area contributed by atoms with Crippen molar-refractivity contribution in [1.29, 1.82) is 0 Å². The molecule has 92 valence electrons. The maximum atomic E-state index is 5.17. The first kappa shape index (κ1) is 12.2. The third-order valence-corrected chi connectivity index (χ3v) is 3.45. The predicted molar refractivity (Wildman–Crippen MR) is 64.1 cm³/mol. The standard InChI is InChI=1S/C11H15N3O2S/c1-8-9(17-7-12-8)3-4-11-13-10(14-16-11)5-6-15-2/h7H,3-6H2,1-2H3. The molecule has 0 atom stereocenters. The van der Waals surface area contributed by atoms with E-state index >= 15 is 0 Å². The van der Waals surface area contributed by atoms with E-state index < -0.39 is 0 Å². The van der Waals surface area contributed by atoms with Gasteiger partial charge in [0.1, 0.15) is 0 Å². The van der Waals surface area contributed by atoms with Crippen molar-refractivity contribution in [2.45, 2.75) is 26.2 Å². The van der Waals surface area contributed by atoms with E-state index in [0.29, 0.717) is 24.7 Å². The number of aryl methyl sites for hydroxylation is 3. The van der Waals surface area contributed by atoms with Gasteiger partial charge in [-0.15, -0.1) is 11.3 Å². The summed E-state index contributed by atoms with van der Waals surface area (Å²) in [6.07, 6.45) is 2.37. The second-order valence-electron chi connectivity index (χ2n) is 3.71. The molecule has 0 aliphatic heterocycles. The summed E-state index contributed by atoms with van der Waals surface area (Å²) in [4.78, 5) is 9.79. The highest BCUT2D eigenvalue weighted by atomic mass is 32.1. The number of hydrogen-bond acceptors (Lipinski definition) is 6. The van der Waals surface area contributed by atoms with E-state index in [4.69, 9.17) is 9.26 Å². The van der Waals surface area contributed by atoms with Gasteiger partial charge in [0.15, 0.2) is 5.82 Å². The minimum atomic E-state index is 0.618. The fourth-order valence-electron chi connectivity index (χ4n) is 1.47. The van der Waals surface area contributed by atoms with Crippen LogP contribution in [0.1, 0.15) is 22.3 Å². The van der Waals surface area contributed by atoms with Crippen LogP contribution in [0.15, 0.2) is 10.0 Å². The minimum Gasteiger partial charge on any atom is -0.384 e. The van der Waals surface area contributed by atoms with Gasteiger partial charge in [-0.25, -0.2) is 4.98 Å². The molecule has 2 aromatic heterocycles. The molecule has 0 bridgehead atoms. The quantitative estimate of drug-likeness (QED) is 0.785. The number of hydrogen-bond donors (Lipinski definition) is 0. The molecule has 0 aliphatic rings. The van der Waals surface area contributed by atoms with Crippen LogP contribution in [0.4, 0.5) is 0 Å². The number of ether oxygens (including phenoxy) is 1. The molecule has 0 aromatic carbocycles. The van der Waals surface area contributed by atoms with Crippen molar-refractivity contribution < 1.29 is 9.26 Å². The molecule has 2 heterocycles. The van der Waals surface area contributed by atoms with Crippen molar-refractivity contribution in [1.82, 2.24) is 15.1 Å². The molecule has 2 aromatic rings. The Morgan fingerprint density at radius 2 is 2.24 bits per heavy atom. The van der Waals surface area contributed by atoms with Crippen LogP contribution in [-0.2, 0) is 24.0 Å². The Morgan fingerprint density at radius 3 is 2.94 bits per heavy atom. The Bertz CT molecular complexity index is 467. The molecule has 17 heavy (non-hydrogen) atoms. The average molecular weight is 253 g/mol. The monoisotopic (exact) mass is 253 g/mol. The van der Waals surface area contributed by atoms with Crippen LogP contribution in [0.3, 0.4) is 0 Å². The fraction of sp³-hybridized carbons (Fsp3) is 0.545. The van der Waals surface area contributed by atoms with Gasteiger partial charge in [0.2, 0.25) is 5.89 Å². The van der Waals surface area contributed by atoms with Crippen LogP contribution in [0.25, 0.3) is 0 Å². The van der Waals surface area contributed by atoms with Gasteiger partial charge in [0, 0.05) is 24.8 Å². The zero-order chi connectivity index (χ0) is 12.1. The van der Waals surface area contributed by atoms with Gasteiger partial charge < -0.3 is 9.26 Å². The first-order chi connectivity index (χ1) is 8.29. The van der Waals surface area contributed by atoms with Crippen LogP contribution in [0.2, 0.25) is 0 Å². The summed E-state index contributed by atoms with van der Waals surface area (Å²) in [6.45, 7) is 2.64. The smallest absolute Gasteiger partial charge is 0.227 e. The van der Waals surface area contributed by atoms with Crippen LogP contribution >= 0.6 is 11.3 Å². The number of thiazole rings is 1. The Labute approximate surface area is 104 Å². The maximum Gasteiger partial charge on any atom is 0.227 e. The molecule has 0 unspecified atom stereocenters. The molecule has 0 saturated carbocycles. The number of methoxy groups -OCH3 is 1. The normalized spacial score (nSPS) is 10.9. The molecule has 0 fully saturated rings. The minimum absolute atomic E-state index is 0.618. The van der Waals surface area contributed by atoms with E-state index in [1.54, 1.807) is 18.4 Å². The third kappa shape index (κ3) is 3.34. The Morgan fingerprint density at radius 1 is 1.35 bits per heavy atom. The van der Waals surface area contributed by atoms with E-state index in [-0.39, 0.29) is 0 Å². The first-order valence-corrected chi connectivity index (χ1v) is 6.37. The molecular formula is C11H15N3O2S. The first-order valence-electron chi connectivity index (χ1n) is 5.49. The molecule has 0 saturated heterocycles. The summed E-state index contributed by atoms with van der Waals surface area (Å²) in [5.74, 6) is 1.40. The molecule has 6 heteroatoms. The molecule has 0 aliphatic carbocycles. The number of nitrogens with zero attached hydrogens (tertiary/aromatic N) is 3. The molecule has 0 spiro atoms. The van der Waals surface area contributed by atoms with Gasteiger partial charge >= 0.3 is 0 Å². The lowest BCUT2D eigenvalue weighted by Gasteiger charge is -1.94. The topological polar surface area (TPSA) is 61.0 Å². The van der Waals surface area contributed by atoms with Crippen molar-refractivity contribution >= 4 is 11.3 Å². The predicted octanol–water partition coefficient (Wildman–Crippen LogP) is 1.81. The van der Waals surface area contributed by atoms with Crippen molar-refractivity contribution in [3.05, 3.63) is 27.8 Å². The summed E-state index contributed by atoms with van der Waals surface area (Å²) < 4.78 is 10.1. The van der Waals surface area contributed by atoms with Crippen LogP contribution in [0.5, 0.6) is 0 Å². The Balaban J connectivity index is 1.87. The van der Waals surface area contributed by atoms with Crippen LogP contribution in [0, 0.1) is 6.92 Å². The lowest BCUT2D eigenvalue weighted by atomic mass is 10.2. The van der Waals surface area contributed by atoms with Gasteiger partial charge in [-0.05, 0) is 13.3 Å². The zero-order valence-corrected chi connectivity index (χ0v) is 10.8. The van der Waals surface area contributed by atoms with Crippen molar-refractivity contribution in [3.63, 3.8) is 0 Å². The Kier molecular flexibility index (Phi) is 4.22. The van der Waals surface area contributed by atoms with Gasteiger partial charge in [0.05, 0.1) is 17.8 Å². The highest BCUT2D eigenvalue weighted by Crippen LogP contribution is 2.14. The van der Waals surface area contributed by atoms with E-state index in [1.165, 1.54) is 4.88 Å². The summed E-state index contributed by atoms with van der Waals surface area (Å²) in [6, 6.07) is 0. The molecule has 0 amide bonds. The lowest BCUT2D eigenvalue weighted by molar-refractivity contribution is 0.199. The highest BCUT2D eigenvalue weighted by Gasteiger charge is 2.08. The molecule has 0 radical (unpaired) electrons. The largest absolute Gasteiger partial charge is 0.384 e. The van der Waals surface area contributed by atoms with E-state index in [9.17, 15) is 0 Å². The van der Waals surface area contributed by atoms with Gasteiger partial charge in [-0.2, -0.15) is 4.98 Å².